The highest BCUT2D eigenvalue weighted by Gasteiger charge is 2.15. The van der Waals surface area contributed by atoms with Crippen LogP contribution in [0.15, 0.2) is 53.3 Å². The van der Waals surface area contributed by atoms with E-state index in [4.69, 9.17) is 5.73 Å². The van der Waals surface area contributed by atoms with Crippen LogP contribution < -0.4 is 11.3 Å². The summed E-state index contributed by atoms with van der Waals surface area (Å²) in [6.07, 6.45) is 0. The third-order valence-corrected chi connectivity index (χ3v) is 3.29. The van der Waals surface area contributed by atoms with Crippen molar-refractivity contribution in [2.45, 2.75) is 13.0 Å². The Hall–Kier alpha value is -2.53. The number of fused-ring (bicyclic) bond motifs is 1. The molecular weight excluding hydrogens is 269 g/mol. The summed E-state index contributed by atoms with van der Waals surface area (Å²) in [6.45, 7) is 1.76. The zero-order chi connectivity index (χ0) is 15.0. The first kappa shape index (κ1) is 13.5. The Balaban J connectivity index is 2.39. The summed E-state index contributed by atoms with van der Waals surface area (Å²) < 4.78 is 14.5. The molecule has 0 amide bonds. The lowest BCUT2D eigenvalue weighted by atomic mass is 10.2. The number of halogens is 1. The predicted octanol–water partition coefficient (Wildman–Crippen LogP) is 2.54. The van der Waals surface area contributed by atoms with Crippen LogP contribution in [0.3, 0.4) is 0 Å². The molecule has 0 saturated carbocycles. The maximum absolute atomic E-state index is 13.1. The monoisotopic (exact) mass is 283 g/mol. The molecule has 4 nitrogen and oxygen atoms in total. The molecular formula is C16H14FN3O. The summed E-state index contributed by atoms with van der Waals surface area (Å²) >= 11 is 0. The SMILES string of the molecule is CC(N)c1nc2ccccc2c(=O)n1-c1ccc(F)cc1. The minimum absolute atomic E-state index is 0.209. The van der Waals surface area contributed by atoms with Gasteiger partial charge in [-0.15, -0.1) is 0 Å². The Morgan fingerprint density at radius 1 is 1.14 bits per heavy atom. The molecule has 106 valence electrons. The van der Waals surface area contributed by atoms with Crippen LogP contribution in [0.5, 0.6) is 0 Å². The molecule has 0 aliphatic heterocycles. The normalized spacial score (nSPS) is 12.5. The molecule has 2 N–H and O–H groups in total. The van der Waals surface area contributed by atoms with Gasteiger partial charge in [0.1, 0.15) is 11.6 Å². The van der Waals surface area contributed by atoms with Crippen molar-refractivity contribution in [3.05, 3.63) is 70.5 Å². The van der Waals surface area contributed by atoms with Crippen LogP contribution in [0.25, 0.3) is 16.6 Å². The second kappa shape index (κ2) is 5.10. The number of aromatic nitrogens is 2. The van der Waals surface area contributed by atoms with E-state index in [1.165, 1.54) is 16.7 Å². The number of nitrogens with two attached hydrogens (primary N) is 1. The van der Waals surface area contributed by atoms with E-state index in [9.17, 15) is 9.18 Å². The summed E-state index contributed by atoms with van der Waals surface area (Å²) in [5.74, 6) is 0.0909. The molecule has 21 heavy (non-hydrogen) atoms. The van der Waals surface area contributed by atoms with E-state index in [2.05, 4.69) is 4.98 Å². The molecule has 1 atom stereocenters. The summed E-state index contributed by atoms with van der Waals surface area (Å²) in [7, 11) is 0. The van der Waals surface area contributed by atoms with Gasteiger partial charge in [-0.3, -0.25) is 9.36 Å². The maximum atomic E-state index is 13.1. The number of para-hydroxylation sites is 1. The summed E-state index contributed by atoms with van der Waals surface area (Å²) in [6, 6.07) is 12.4. The molecule has 1 aromatic heterocycles. The van der Waals surface area contributed by atoms with Gasteiger partial charge < -0.3 is 5.73 Å². The molecule has 2 aromatic carbocycles. The number of benzene rings is 2. The van der Waals surface area contributed by atoms with Gasteiger partial charge in [0.15, 0.2) is 0 Å². The highest BCUT2D eigenvalue weighted by Crippen LogP contribution is 2.16. The first-order chi connectivity index (χ1) is 10.1. The lowest BCUT2D eigenvalue weighted by Gasteiger charge is -2.15. The molecule has 3 rings (SSSR count). The Labute approximate surface area is 120 Å². The first-order valence-corrected chi connectivity index (χ1v) is 6.61. The smallest absolute Gasteiger partial charge is 0.266 e. The van der Waals surface area contributed by atoms with Gasteiger partial charge in [-0.25, -0.2) is 9.37 Å². The van der Waals surface area contributed by atoms with Crippen LogP contribution in [0.2, 0.25) is 0 Å². The van der Waals surface area contributed by atoms with E-state index < -0.39 is 6.04 Å². The third kappa shape index (κ3) is 2.32. The van der Waals surface area contributed by atoms with E-state index >= 15 is 0 Å². The van der Waals surface area contributed by atoms with Crippen molar-refractivity contribution < 1.29 is 4.39 Å². The molecule has 0 saturated heterocycles. The predicted molar refractivity (Wildman–Crippen MR) is 79.9 cm³/mol. The van der Waals surface area contributed by atoms with Crippen LogP contribution in [-0.4, -0.2) is 9.55 Å². The Bertz CT molecular complexity index is 854. The van der Waals surface area contributed by atoms with Crippen molar-refractivity contribution in [3.8, 4) is 5.69 Å². The van der Waals surface area contributed by atoms with Gasteiger partial charge in [0.05, 0.1) is 22.6 Å². The van der Waals surface area contributed by atoms with E-state index in [1.807, 2.05) is 6.07 Å². The molecule has 0 radical (unpaired) electrons. The van der Waals surface area contributed by atoms with Crippen molar-refractivity contribution in [1.29, 1.82) is 0 Å². The van der Waals surface area contributed by atoms with Gasteiger partial charge in [-0.05, 0) is 43.3 Å². The van der Waals surface area contributed by atoms with Crippen LogP contribution in [0, 0.1) is 5.82 Å². The van der Waals surface area contributed by atoms with Crippen LogP contribution in [-0.2, 0) is 0 Å². The topological polar surface area (TPSA) is 60.9 Å². The highest BCUT2D eigenvalue weighted by molar-refractivity contribution is 5.77. The minimum Gasteiger partial charge on any atom is -0.322 e. The fourth-order valence-corrected chi connectivity index (χ4v) is 2.30. The van der Waals surface area contributed by atoms with Crippen molar-refractivity contribution >= 4 is 10.9 Å². The summed E-state index contributed by atoms with van der Waals surface area (Å²) in [5, 5.41) is 0.506. The number of hydrogen-bond donors (Lipinski definition) is 1. The maximum Gasteiger partial charge on any atom is 0.266 e. The van der Waals surface area contributed by atoms with Crippen molar-refractivity contribution in [2.24, 2.45) is 5.73 Å². The molecule has 1 unspecified atom stereocenters. The van der Waals surface area contributed by atoms with Crippen molar-refractivity contribution in [3.63, 3.8) is 0 Å². The van der Waals surface area contributed by atoms with Gasteiger partial charge in [-0.1, -0.05) is 12.1 Å². The Morgan fingerprint density at radius 2 is 1.81 bits per heavy atom. The van der Waals surface area contributed by atoms with E-state index in [0.29, 0.717) is 22.4 Å². The second-order valence-electron chi connectivity index (χ2n) is 4.89. The molecule has 0 spiro atoms. The minimum atomic E-state index is -0.424. The Kier molecular flexibility index (Phi) is 3.27. The molecule has 1 heterocycles. The van der Waals surface area contributed by atoms with E-state index in [0.717, 1.165) is 0 Å². The largest absolute Gasteiger partial charge is 0.322 e. The Morgan fingerprint density at radius 3 is 2.48 bits per heavy atom. The molecule has 3 aromatic rings. The second-order valence-corrected chi connectivity index (χ2v) is 4.89. The summed E-state index contributed by atoms with van der Waals surface area (Å²) in [5.41, 5.74) is 6.89. The lowest BCUT2D eigenvalue weighted by molar-refractivity contribution is 0.626. The fraction of sp³-hybridized carbons (Fsp3) is 0.125. The van der Waals surface area contributed by atoms with Crippen molar-refractivity contribution in [1.82, 2.24) is 9.55 Å². The van der Waals surface area contributed by atoms with E-state index in [1.54, 1.807) is 37.3 Å². The average molecular weight is 283 g/mol. The number of rotatable bonds is 2. The fourth-order valence-electron chi connectivity index (χ4n) is 2.30. The molecule has 5 heteroatoms. The quantitative estimate of drug-likeness (QED) is 0.786. The van der Waals surface area contributed by atoms with Crippen LogP contribution in [0.1, 0.15) is 18.8 Å². The molecule has 0 fully saturated rings. The summed E-state index contributed by atoms with van der Waals surface area (Å²) in [4.78, 5) is 17.2. The van der Waals surface area contributed by atoms with Gasteiger partial charge in [0.2, 0.25) is 0 Å². The molecule has 0 bridgehead atoms. The molecule has 0 aliphatic rings. The standard InChI is InChI=1S/C16H14FN3O/c1-10(18)15-19-14-5-3-2-4-13(14)16(21)20(15)12-8-6-11(17)7-9-12/h2-10H,18H2,1H3. The van der Waals surface area contributed by atoms with E-state index in [-0.39, 0.29) is 11.4 Å². The van der Waals surface area contributed by atoms with Crippen molar-refractivity contribution in [2.75, 3.05) is 0 Å². The van der Waals surface area contributed by atoms with Crippen LogP contribution >= 0.6 is 0 Å². The number of hydrogen-bond acceptors (Lipinski definition) is 3. The van der Waals surface area contributed by atoms with Gasteiger partial charge in [-0.2, -0.15) is 0 Å². The van der Waals surface area contributed by atoms with Gasteiger partial charge >= 0.3 is 0 Å². The number of nitrogens with zero attached hydrogens (tertiary/aromatic N) is 2. The van der Waals surface area contributed by atoms with Gasteiger partial charge in [0.25, 0.3) is 5.56 Å². The highest BCUT2D eigenvalue weighted by atomic mass is 19.1. The lowest BCUT2D eigenvalue weighted by Crippen LogP contribution is -2.27. The van der Waals surface area contributed by atoms with Gasteiger partial charge in [0, 0.05) is 0 Å². The molecule has 0 aliphatic carbocycles. The zero-order valence-corrected chi connectivity index (χ0v) is 11.5. The average Bonchev–Trinajstić information content (AvgIpc) is 2.48. The first-order valence-electron chi connectivity index (χ1n) is 6.61. The van der Waals surface area contributed by atoms with Crippen LogP contribution in [0.4, 0.5) is 4.39 Å². The zero-order valence-electron chi connectivity index (χ0n) is 11.5. The third-order valence-electron chi connectivity index (χ3n) is 3.29.